The van der Waals surface area contributed by atoms with E-state index in [-0.39, 0.29) is 13.1 Å². The van der Waals surface area contributed by atoms with E-state index < -0.39 is 23.4 Å². The Bertz CT molecular complexity index is 424. The average Bonchev–Trinajstić information content (AvgIpc) is 2.40. The number of ether oxygens (including phenoxy) is 2. The van der Waals surface area contributed by atoms with Gasteiger partial charge in [-0.1, -0.05) is 0 Å². The van der Waals surface area contributed by atoms with Gasteiger partial charge in [0.05, 0.1) is 12.5 Å². The number of amides is 2. The first kappa shape index (κ1) is 22.7. The number of carbonyl (C=O) groups is 2. The van der Waals surface area contributed by atoms with Gasteiger partial charge in [-0.2, -0.15) is 0 Å². The van der Waals surface area contributed by atoms with E-state index in [2.05, 4.69) is 10.6 Å². The van der Waals surface area contributed by atoms with Crippen molar-refractivity contribution < 1.29 is 28.4 Å². The zero-order chi connectivity index (χ0) is 19.3. The molecule has 0 bridgehead atoms. The number of rotatable bonds is 8. The quantitative estimate of drug-likeness (QED) is 0.395. The first-order valence-corrected chi connectivity index (χ1v) is 7.86. The predicted octanol–water partition coefficient (Wildman–Crippen LogP) is 2.63. The van der Waals surface area contributed by atoms with Gasteiger partial charge in [0.25, 0.3) is 0 Å². The van der Waals surface area contributed by atoms with E-state index in [1.807, 2.05) is 0 Å². The van der Waals surface area contributed by atoms with Crippen LogP contribution in [-0.2, 0) is 18.8 Å². The molecule has 141 valence electrons. The summed E-state index contributed by atoms with van der Waals surface area (Å²) in [6.45, 7) is 11.2. The van der Waals surface area contributed by atoms with Crippen LogP contribution in [0.4, 0.5) is 9.59 Å². The largest absolute Gasteiger partial charge is 0.657 e. The molecule has 0 saturated heterocycles. The second kappa shape index (κ2) is 11.3. The molecule has 0 aromatic heterocycles. The van der Waals surface area contributed by atoms with E-state index in [9.17, 15) is 9.59 Å². The van der Waals surface area contributed by atoms with Gasteiger partial charge in [0.1, 0.15) is 11.2 Å². The van der Waals surface area contributed by atoms with Gasteiger partial charge in [0, 0.05) is 13.1 Å². The maximum atomic E-state index is 11.3. The molecule has 0 heterocycles. The lowest BCUT2D eigenvalue weighted by atomic mass is 10.2. The van der Waals surface area contributed by atoms with Gasteiger partial charge in [0.15, 0.2) is 0 Å². The van der Waals surface area contributed by atoms with Crippen molar-refractivity contribution in [1.29, 1.82) is 0 Å². The topological polar surface area (TPSA) is 95.1 Å². The molecule has 2 amide bonds. The summed E-state index contributed by atoms with van der Waals surface area (Å²) in [5.74, 6) is 0. The third-order valence-electron chi connectivity index (χ3n) is 1.99. The molecule has 0 aliphatic heterocycles. The van der Waals surface area contributed by atoms with Crippen molar-refractivity contribution >= 4 is 19.9 Å². The second-order valence-corrected chi connectivity index (χ2v) is 6.88. The van der Waals surface area contributed by atoms with Crippen LogP contribution in [0.1, 0.15) is 41.5 Å². The molecule has 0 rings (SSSR count). The Morgan fingerprint density at radius 1 is 0.800 bits per heavy atom. The van der Waals surface area contributed by atoms with Gasteiger partial charge in [-0.25, -0.2) is 9.59 Å². The monoisotopic (exact) mass is 355 g/mol. The summed E-state index contributed by atoms with van der Waals surface area (Å²) in [6, 6.07) is 0. The number of hydrogen-bond acceptors (Lipinski definition) is 6. The third kappa shape index (κ3) is 17.9. The van der Waals surface area contributed by atoms with E-state index in [0.717, 1.165) is 7.69 Å². The zero-order valence-corrected chi connectivity index (χ0v) is 15.8. The molecule has 0 saturated carbocycles. The van der Waals surface area contributed by atoms with Gasteiger partial charge in [0.2, 0.25) is 0 Å². The highest BCUT2D eigenvalue weighted by Crippen LogP contribution is 2.06. The van der Waals surface area contributed by atoms with Crippen molar-refractivity contribution in [2.45, 2.75) is 52.7 Å². The number of alkyl carbamates (subject to hydrolysis) is 2. The SMILES string of the molecule is CC(C)(C)OC(=O)NC/C=C\O[B]O/C=C\CNC(=O)OC(C)(C)C. The summed E-state index contributed by atoms with van der Waals surface area (Å²) < 4.78 is 20.0. The summed E-state index contributed by atoms with van der Waals surface area (Å²) in [4.78, 5) is 22.7. The van der Waals surface area contributed by atoms with Crippen LogP contribution in [-0.4, -0.2) is 44.2 Å². The molecule has 0 aliphatic carbocycles. The number of carbonyl (C=O) groups excluding carboxylic acids is 2. The van der Waals surface area contributed by atoms with Crippen LogP contribution < -0.4 is 10.6 Å². The molecule has 9 heteroatoms. The van der Waals surface area contributed by atoms with E-state index >= 15 is 0 Å². The van der Waals surface area contributed by atoms with Gasteiger partial charge in [-0.05, 0) is 53.7 Å². The van der Waals surface area contributed by atoms with Crippen molar-refractivity contribution in [2.75, 3.05) is 13.1 Å². The summed E-state index contributed by atoms with van der Waals surface area (Å²) in [5, 5.41) is 5.07. The van der Waals surface area contributed by atoms with Crippen molar-refractivity contribution in [3.63, 3.8) is 0 Å². The maximum Gasteiger partial charge on any atom is 0.657 e. The highest BCUT2D eigenvalue weighted by molar-refractivity contribution is 6.18. The smallest absolute Gasteiger partial charge is 0.533 e. The number of hydrogen-bond donors (Lipinski definition) is 2. The third-order valence-corrected chi connectivity index (χ3v) is 1.99. The fraction of sp³-hybridized carbons (Fsp3) is 0.625. The highest BCUT2D eigenvalue weighted by atomic mass is 16.6. The lowest BCUT2D eigenvalue weighted by molar-refractivity contribution is 0.0522. The van der Waals surface area contributed by atoms with Crippen LogP contribution in [0, 0.1) is 0 Å². The summed E-state index contributed by atoms with van der Waals surface area (Å²) in [6.07, 6.45) is 4.86. The molecule has 1 radical (unpaired) electrons. The standard InChI is InChI=1S/C16H28BN2O6/c1-15(2,3)24-13(20)18-9-7-11-22-17-23-12-8-10-19-14(21)25-16(4,5)6/h7-8,11-12H,9-10H2,1-6H3,(H,18,20)(H,19,21)/b11-7-,12-8-. The highest BCUT2D eigenvalue weighted by Gasteiger charge is 2.15. The van der Waals surface area contributed by atoms with Crippen molar-refractivity contribution in [1.82, 2.24) is 10.6 Å². The molecule has 0 spiro atoms. The molecular weight excluding hydrogens is 327 g/mol. The Morgan fingerprint density at radius 2 is 1.16 bits per heavy atom. The zero-order valence-electron chi connectivity index (χ0n) is 15.8. The first-order chi connectivity index (χ1) is 11.5. The fourth-order valence-corrected chi connectivity index (χ4v) is 1.22. The van der Waals surface area contributed by atoms with Crippen LogP contribution in [0.15, 0.2) is 24.7 Å². The van der Waals surface area contributed by atoms with Gasteiger partial charge in [-0.3, -0.25) is 0 Å². The molecule has 25 heavy (non-hydrogen) atoms. The summed E-state index contributed by atoms with van der Waals surface area (Å²) in [5.41, 5.74) is -1.06. The molecule has 8 nitrogen and oxygen atoms in total. The molecule has 0 aromatic carbocycles. The van der Waals surface area contributed by atoms with Gasteiger partial charge >= 0.3 is 19.9 Å². The molecule has 0 atom stereocenters. The fourth-order valence-electron chi connectivity index (χ4n) is 1.22. The Hall–Kier alpha value is -2.32. The summed E-state index contributed by atoms with van der Waals surface area (Å²) >= 11 is 0. The number of nitrogens with one attached hydrogen (secondary N) is 2. The van der Waals surface area contributed by atoms with E-state index in [1.165, 1.54) is 12.5 Å². The molecule has 0 unspecified atom stereocenters. The van der Waals surface area contributed by atoms with E-state index in [4.69, 9.17) is 18.8 Å². The van der Waals surface area contributed by atoms with Gasteiger partial charge < -0.3 is 29.4 Å². The second-order valence-electron chi connectivity index (χ2n) is 6.88. The predicted molar refractivity (Wildman–Crippen MR) is 94.7 cm³/mol. The van der Waals surface area contributed by atoms with Crippen LogP contribution in [0.25, 0.3) is 0 Å². The summed E-state index contributed by atoms with van der Waals surface area (Å²) in [7, 11) is 1.09. The maximum absolute atomic E-state index is 11.3. The molecule has 0 fully saturated rings. The minimum Gasteiger partial charge on any atom is -0.533 e. The Kier molecular flexibility index (Phi) is 10.2. The van der Waals surface area contributed by atoms with Crippen molar-refractivity contribution in [3.05, 3.63) is 24.7 Å². The van der Waals surface area contributed by atoms with Crippen molar-refractivity contribution in [3.8, 4) is 0 Å². The molecule has 0 aliphatic rings. The Morgan fingerprint density at radius 3 is 1.48 bits per heavy atom. The average molecular weight is 355 g/mol. The van der Waals surface area contributed by atoms with Crippen LogP contribution in [0.2, 0.25) is 0 Å². The van der Waals surface area contributed by atoms with Gasteiger partial charge in [-0.15, -0.1) is 0 Å². The Balaban J connectivity index is 3.60. The van der Waals surface area contributed by atoms with Crippen LogP contribution in [0.3, 0.4) is 0 Å². The van der Waals surface area contributed by atoms with Crippen LogP contribution >= 0.6 is 0 Å². The lowest BCUT2D eigenvalue weighted by Gasteiger charge is -2.19. The first-order valence-electron chi connectivity index (χ1n) is 7.86. The van der Waals surface area contributed by atoms with E-state index in [0.29, 0.717) is 0 Å². The minimum absolute atomic E-state index is 0.262. The Labute approximate surface area is 150 Å². The van der Waals surface area contributed by atoms with Crippen molar-refractivity contribution in [2.24, 2.45) is 0 Å². The van der Waals surface area contributed by atoms with E-state index in [1.54, 1.807) is 53.7 Å². The molecule has 2 N–H and O–H groups in total. The lowest BCUT2D eigenvalue weighted by Crippen LogP contribution is -2.32. The van der Waals surface area contributed by atoms with Crippen LogP contribution in [0.5, 0.6) is 0 Å². The molecule has 0 aromatic rings. The minimum atomic E-state index is -0.531. The molecular formula is C16H28BN2O6. The normalized spacial score (nSPS) is 11.9.